The zero-order chi connectivity index (χ0) is 18.5. The van der Waals surface area contributed by atoms with Gasteiger partial charge >= 0.3 is 12.1 Å². The summed E-state index contributed by atoms with van der Waals surface area (Å²) in [5.41, 5.74) is 1.54. The molecule has 1 N–H and O–H groups in total. The SMILES string of the molecule is O=C(O)CC(C(=O)N1C(=O)OCC1Cc1ccccc1)c1ccccc1. The highest BCUT2D eigenvalue weighted by molar-refractivity contribution is 5.98. The first-order chi connectivity index (χ1) is 12.6. The fourth-order valence-electron chi connectivity index (χ4n) is 3.14. The van der Waals surface area contributed by atoms with Crippen molar-refractivity contribution >= 4 is 18.0 Å². The average Bonchev–Trinajstić information content (AvgIpc) is 3.01. The first-order valence-corrected chi connectivity index (χ1v) is 8.36. The second kappa shape index (κ2) is 7.82. The number of cyclic esters (lactones) is 1. The molecule has 0 radical (unpaired) electrons. The van der Waals surface area contributed by atoms with Gasteiger partial charge in [0.1, 0.15) is 6.61 Å². The number of carboxylic acids is 1. The molecule has 3 rings (SSSR count). The van der Waals surface area contributed by atoms with Crippen molar-refractivity contribution in [2.45, 2.75) is 24.8 Å². The van der Waals surface area contributed by atoms with E-state index in [2.05, 4.69) is 0 Å². The third-order valence-electron chi connectivity index (χ3n) is 4.39. The van der Waals surface area contributed by atoms with Gasteiger partial charge in [-0.3, -0.25) is 9.59 Å². The molecule has 26 heavy (non-hydrogen) atoms. The molecule has 6 heteroatoms. The summed E-state index contributed by atoms with van der Waals surface area (Å²) in [4.78, 5) is 37.6. The monoisotopic (exact) mass is 353 g/mol. The molecule has 0 saturated carbocycles. The van der Waals surface area contributed by atoms with Gasteiger partial charge in [0.25, 0.3) is 0 Å². The van der Waals surface area contributed by atoms with Gasteiger partial charge in [0.15, 0.2) is 0 Å². The molecule has 1 aliphatic rings. The van der Waals surface area contributed by atoms with Gasteiger partial charge in [-0.15, -0.1) is 0 Å². The standard InChI is InChI=1S/C20H19NO5/c22-18(23)12-17(15-9-5-2-6-10-15)19(24)21-16(13-26-20(21)25)11-14-7-3-1-4-8-14/h1-10,16-17H,11-13H2,(H,22,23). The van der Waals surface area contributed by atoms with Gasteiger partial charge in [0, 0.05) is 0 Å². The second-order valence-electron chi connectivity index (χ2n) is 6.19. The fraction of sp³-hybridized carbons (Fsp3) is 0.250. The Morgan fingerprint density at radius 1 is 1.08 bits per heavy atom. The lowest BCUT2D eigenvalue weighted by atomic mass is 9.93. The van der Waals surface area contributed by atoms with Crippen LogP contribution in [0.2, 0.25) is 0 Å². The smallest absolute Gasteiger partial charge is 0.417 e. The number of ether oxygens (including phenoxy) is 1. The van der Waals surface area contributed by atoms with Crippen LogP contribution in [0, 0.1) is 0 Å². The van der Waals surface area contributed by atoms with E-state index in [1.807, 2.05) is 30.3 Å². The van der Waals surface area contributed by atoms with E-state index in [9.17, 15) is 19.5 Å². The minimum atomic E-state index is -1.10. The lowest BCUT2D eigenvalue weighted by Gasteiger charge is -2.24. The molecule has 6 nitrogen and oxygen atoms in total. The predicted molar refractivity (Wildman–Crippen MR) is 93.6 cm³/mol. The molecule has 2 aromatic rings. The van der Waals surface area contributed by atoms with Crippen LogP contribution >= 0.6 is 0 Å². The summed E-state index contributed by atoms with van der Waals surface area (Å²) in [6.07, 6.45) is -0.639. The van der Waals surface area contributed by atoms with E-state index in [4.69, 9.17) is 4.74 Å². The summed E-state index contributed by atoms with van der Waals surface area (Å²) in [5, 5.41) is 9.22. The Balaban J connectivity index is 1.86. The van der Waals surface area contributed by atoms with E-state index in [1.165, 1.54) is 0 Å². The van der Waals surface area contributed by atoms with Gasteiger partial charge in [0.2, 0.25) is 5.91 Å². The van der Waals surface area contributed by atoms with Crippen LogP contribution in [0.1, 0.15) is 23.5 Å². The Kier molecular flexibility index (Phi) is 5.31. The van der Waals surface area contributed by atoms with Crippen molar-refractivity contribution in [3.05, 3.63) is 71.8 Å². The van der Waals surface area contributed by atoms with Crippen molar-refractivity contribution in [3.63, 3.8) is 0 Å². The van der Waals surface area contributed by atoms with Crippen LogP contribution in [0.4, 0.5) is 4.79 Å². The van der Waals surface area contributed by atoms with Gasteiger partial charge in [-0.1, -0.05) is 60.7 Å². The number of aliphatic carboxylic acids is 1. The summed E-state index contributed by atoms with van der Waals surface area (Å²) in [7, 11) is 0. The van der Waals surface area contributed by atoms with Crippen LogP contribution in [0.5, 0.6) is 0 Å². The Morgan fingerprint density at radius 2 is 1.69 bits per heavy atom. The van der Waals surface area contributed by atoms with Crippen LogP contribution in [0.25, 0.3) is 0 Å². The molecular weight excluding hydrogens is 334 g/mol. The largest absolute Gasteiger partial charge is 0.481 e. The van der Waals surface area contributed by atoms with E-state index in [1.54, 1.807) is 30.3 Å². The Morgan fingerprint density at radius 3 is 2.31 bits per heavy atom. The first-order valence-electron chi connectivity index (χ1n) is 8.36. The number of hydrogen-bond acceptors (Lipinski definition) is 4. The maximum absolute atomic E-state index is 13.1. The number of rotatable bonds is 6. The van der Waals surface area contributed by atoms with E-state index >= 15 is 0 Å². The van der Waals surface area contributed by atoms with Crippen molar-refractivity contribution < 1.29 is 24.2 Å². The lowest BCUT2D eigenvalue weighted by molar-refractivity contribution is -0.141. The molecule has 2 atom stereocenters. The minimum Gasteiger partial charge on any atom is -0.481 e. The predicted octanol–water partition coefficient (Wildman–Crippen LogP) is 2.84. The lowest BCUT2D eigenvalue weighted by Crippen LogP contribution is -2.43. The summed E-state index contributed by atoms with van der Waals surface area (Å²) in [6, 6.07) is 17.7. The molecular formula is C20H19NO5. The van der Waals surface area contributed by atoms with Crippen LogP contribution in [-0.4, -0.2) is 40.6 Å². The highest BCUT2D eigenvalue weighted by atomic mass is 16.6. The third kappa shape index (κ3) is 3.91. The van der Waals surface area contributed by atoms with Crippen molar-refractivity contribution in [1.29, 1.82) is 0 Å². The number of benzene rings is 2. The first kappa shape index (κ1) is 17.7. The van der Waals surface area contributed by atoms with Crippen LogP contribution < -0.4 is 0 Å². The number of imide groups is 1. The Labute approximate surface area is 151 Å². The number of carboxylic acid groups (broad SMARTS) is 1. The topological polar surface area (TPSA) is 83.9 Å². The molecule has 1 aliphatic heterocycles. The Hall–Kier alpha value is -3.15. The van der Waals surface area contributed by atoms with Gasteiger partial charge in [0.05, 0.1) is 18.4 Å². The second-order valence-corrected chi connectivity index (χ2v) is 6.19. The molecule has 2 amide bonds. The summed E-state index contributed by atoms with van der Waals surface area (Å²) in [5.74, 6) is -2.57. The maximum Gasteiger partial charge on any atom is 0.417 e. The van der Waals surface area contributed by atoms with E-state index in [0.717, 1.165) is 10.5 Å². The van der Waals surface area contributed by atoms with Gasteiger partial charge in [-0.05, 0) is 17.5 Å². The number of carbonyl (C=O) groups excluding carboxylic acids is 2. The molecule has 0 bridgehead atoms. The van der Waals surface area contributed by atoms with Gasteiger partial charge in [-0.25, -0.2) is 9.69 Å². The van der Waals surface area contributed by atoms with Gasteiger partial charge < -0.3 is 9.84 Å². The van der Waals surface area contributed by atoms with E-state index in [0.29, 0.717) is 12.0 Å². The molecule has 134 valence electrons. The molecule has 2 aromatic carbocycles. The summed E-state index contributed by atoms with van der Waals surface area (Å²) in [6.45, 7) is 0.105. The summed E-state index contributed by atoms with van der Waals surface area (Å²) < 4.78 is 5.08. The maximum atomic E-state index is 13.1. The van der Waals surface area contributed by atoms with Crippen LogP contribution in [0.3, 0.4) is 0 Å². The number of amides is 2. The molecule has 0 aliphatic carbocycles. The molecule has 1 heterocycles. The van der Waals surface area contributed by atoms with E-state index in [-0.39, 0.29) is 13.0 Å². The number of nitrogens with zero attached hydrogens (tertiary/aromatic N) is 1. The van der Waals surface area contributed by atoms with Crippen LogP contribution in [-0.2, 0) is 20.7 Å². The van der Waals surface area contributed by atoms with Gasteiger partial charge in [-0.2, -0.15) is 0 Å². The molecule has 0 spiro atoms. The van der Waals surface area contributed by atoms with Crippen molar-refractivity contribution in [2.24, 2.45) is 0 Å². The highest BCUT2D eigenvalue weighted by Crippen LogP contribution is 2.27. The third-order valence-corrected chi connectivity index (χ3v) is 4.39. The molecule has 0 aromatic heterocycles. The van der Waals surface area contributed by atoms with Crippen molar-refractivity contribution in [3.8, 4) is 0 Å². The van der Waals surface area contributed by atoms with Crippen LogP contribution in [0.15, 0.2) is 60.7 Å². The normalized spacial score (nSPS) is 17.6. The fourth-order valence-corrected chi connectivity index (χ4v) is 3.14. The molecule has 2 unspecified atom stereocenters. The van der Waals surface area contributed by atoms with Crippen molar-refractivity contribution in [2.75, 3.05) is 6.61 Å². The molecule has 1 saturated heterocycles. The highest BCUT2D eigenvalue weighted by Gasteiger charge is 2.41. The number of hydrogen-bond donors (Lipinski definition) is 1. The molecule has 1 fully saturated rings. The zero-order valence-corrected chi connectivity index (χ0v) is 14.1. The quantitative estimate of drug-likeness (QED) is 0.863. The van der Waals surface area contributed by atoms with E-state index < -0.39 is 29.9 Å². The average molecular weight is 353 g/mol. The number of carbonyl (C=O) groups is 3. The summed E-state index contributed by atoms with van der Waals surface area (Å²) >= 11 is 0. The zero-order valence-electron chi connectivity index (χ0n) is 14.1. The Bertz CT molecular complexity index is 790. The van der Waals surface area contributed by atoms with Crippen molar-refractivity contribution in [1.82, 2.24) is 4.90 Å². The minimum absolute atomic E-state index is 0.105.